The molecule has 2 aromatic rings. The first-order valence-corrected chi connectivity index (χ1v) is 10.4. The highest BCUT2D eigenvalue weighted by Crippen LogP contribution is 2.34. The summed E-state index contributed by atoms with van der Waals surface area (Å²) in [5.74, 6) is 0.377. The lowest BCUT2D eigenvalue weighted by Crippen LogP contribution is -2.51. The first-order chi connectivity index (χ1) is 12.6. The molecule has 2 atom stereocenters. The number of hydrogen-bond acceptors (Lipinski definition) is 3. The van der Waals surface area contributed by atoms with Crippen LogP contribution in [0.2, 0.25) is 0 Å². The number of piperidine rings is 1. The summed E-state index contributed by atoms with van der Waals surface area (Å²) in [7, 11) is -3.52. The second-order valence-electron chi connectivity index (χ2n) is 6.95. The summed E-state index contributed by atoms with van der Waals surface area (Å²) in [4.78, 5) is 15.1. The number of rotatable bonds is 3. The fourth-order valence-corrected chi connectivity index (χ4v) is 5.56. The SMILES string of the molecule is O=C(c1ccccc1)N1CCC2CCN(S(=O)(=O)c3ccccc3)CC21. The van der Waals surface area contributed by atoms with Gasteiger partial charge in [-0.25, -0.2) is 8.42 Å². The van der Waals surface area contributed by atoms with E-state index in [0.717, 1.165) is 12.8 Å². The fraction of sp³-hybridized carbons (Fsp3) is 0.350. The topological polar surface area (TPSA) is 57.7 Å². The average molecular weight is 370 g/mol. The number of likely N-dealkylation sites (tertiary alicyclic amines) is 1. The second kappa shape index (κ2) is 6.85. The van der Waals surface area contributed by atoms with Crippen LogP contribution in [0.5, 0.6) is 0 Å². The zero-order valence-corrected chi connectivity index (χ0v) is 15.3. The Hall–Kier alpha value is -2.18. The quantitative estimate of drug-likeness (QED) is 0.834. The number of benzene rings is 2. The number of nitrogens with zero attached hydrogens (tertiary/aromatic N) is 2. The number of sulfonamides is 1. The predicted molar refractivity (Wildman–Crippen MR) is 99.2 cm³/mol. The Morgan fingerprint density at radius 3 is 2.19 bits per heavy atom. The van der Waals surface area contributed by atoms with Crippen molar-refractivity contribution in [1.29, 1.82) is 0 Å². The van der Waals surface area contributed by atoms with Gasteiger partial charge in [0.1, 0.15) is 0 Å². The third-order valence-corrected chi connectivity index (χ3v) is 7.37. The molecular weight excluding hydrogens is 348 g/mol. The third-order valence-electron chi connectivity index (χ3n) is 5.49. The average Bonchev–Trinajstić information content (AvgIpc) is 3.12. The molecule has 1 amide bonds. The highest BCUT2D eigenvalue weighted by atomic mass is 32.2. The normalized spacial score (nSPS) is 23.6. The fourth-order valence-electron chi connectivity index (χ4n) is 4.07. The molecule has 0 bridgehead atoms. The lowest BCUT2D eigenvalue weighted by Gasteiger charge is -2.37. The van der Waals surface area contributed by atoms with Gasteiger partial charge in [-0.2, -0.15) is 4.31 Å². The summed E-state index contributed by atoms with van der Waals surface area (Å²) < 4.78 is 27.4. The van der Waals surface area contributed by atoms with Crippen LogP contribution >= 0.6 is 0 Å². The van der Waals surface area contributed by atoms with Crippen molar-refractivity contribution in [3.05, 3.63) is 66.2 Å². The largest absolute Gasteiger partial charge is 0.334 e. The molecule has 0 aromatic heterocycles. The van der Waals surface area contributed by atoms with Crippen LogP contribution in [0.1, 0.15) is 23.2 Å². The van der Waals surface area contributed by atoms with Gasteiger partial charge in [0.25, 0.3) is 5.91 Å². The van der Waals surface area contributed by atoms with Crippen LogP contribution < -0.4 is 0 Å². The van der Waals surface area contributed by atoms with Gasteiger partial charge in [-0.3, -0.25) is 4.79 Å². The van der Waals surface area contributed by atoms with E-state index in [1.165, 1.54) is 0 Å². The van der Waals surface area contributed by atoms with Gasteiger partial charge in [0, 0.05) is 31.2 Å². The molecule has 2 fully saturated rings. The van der Waals surface area contributed by atoms with E-state index in [9.17, 15) is 13.2 Å². The third kappa shape index (κ3) is 3.04. The molecule has 0 saturated carbocycles. The summed E-state index contributed by atoms with van der Waals surface area (Å²) in [6.07, 6.45) is 1.75. The predicted octanol–water partition coefficient (Wildman–Crippen LogP) is 2.61. The van der Waals surface area contributed by atoms with Crippen LogP contribution in [0.15, 0.2) is 65.6 Å². The van der Waals surface area contributed by atoms with Gasteiger partial charge < -0.3 is 4.90 Å². The highest BCUT2D eigenvalue weighted by Gasteiger charge is 2.43. The lowest BCUT2D eigenvalue weighted by molar-refractivity contribution is 0.0667. The molecule has 0 N–H and O–H groups in total. The Balaban J connectivity index is 1.56. The molecule has 0 aliphatic carbocycles. The summed E-state index contributed by atoms with van der Waals surface area (Å²) in [5, 5.41) is 0. The van der Waals surface area contributed by atoms with Gasteiger partial charge in [0.15, 0.2) is 0 Å². The standard InChI is InChI=1S/C20H22N2O3S/c23-20(17-7-3-1-4-8-17)22-14-12-16-11-13-21(15-19(16)22)26(24,25)18-9-5-2-6-10-18/h1-10,16,19H,11-15H2. The number of carbonyl (C=O) groups is 1. The molecule has 26 heavy (non-hydrogen) atoms. The maximum absolute atomic E-state index is 12.9. The van der Waals surface area contributed by atoms with Crippen LogP contribution in [0.25, 0.3) is 0 Å². The van der Waals surface area contributed by atoms with E-state index >= 15 is 0 Å². The van der Waals surface area contributed by atoms with Crippen molar-refractivity contribution < 1.29 is 13.2 Å². The summed E-state index contributed by atoms with van der Waals surface area (Å²) in [6.45, 7) is 1.59. The Kier molecular flexibility index (Phi) is 4.54. The first-order valence-electron chi connectivity index (χ1n) is 8.98. The van der Waals surface area contributed by atoms with E-state index in [1.807, 2.05) is 41.3 Å². The molecule has 2 heterocycles. The van der Waals surface area contributed by atoms with Crippen molar-refractivity contribution >= 4 is 15.9 Å². The molecule has 5 nitrogen and oxygen atoms in total. The van der Waals surface area contributed by atoms with Gasteiger partial charge in [0.05, 0.1) is 4.90 Å². The lowest BCUT2D eigenvalue weighted by atomic mass is 9.93. The molecule has 2 saturated heterocycles. The Bertz CT molecular complexity index is 884. The number of amides is 1. The van der Waals surface area contributed by atoms with E-state index in [2.05, 4.69) is 0 Å². The van der Waals surface area contributed by atoms with E-state index in [0.29, 0.717) is 36.0 Å². The Labute approximate surface area is 154 Å². The summed E-state index contributed by atoms with van der Waals surface area (Å²) >= 11 is 0. The molecular formula is C20H22N2O3S. The van der Waals surface area contributed by atoms with Gasteiger partial charge >= 0.3 is 0 Å². The molecule has 0 spiro atoms. The molecule has 4 rings (SSSR count). The molecule has 2 unspecified atom stereocenters. The van der Waals surface area contributed by atoms with Crippen molar-refractivity contribution in [2.24, 2.45) is 5.92 Å². The zero-order valence-electron chi connectivity index (χ0n) is 14.5. The van der Waals surface area contributed by atoms with Crippen LogP contribution in [0.4, 0.5) is 0 Å². The number of carbonyl (C=O) groups excluding carboxylic acids is 1. The van der Waals surface area contributed by atoms with Crippen molar-refractivity contribution in [2.75, 3.05) is 19.6 Å². The first kappa shape index (κ1) is 17.2. The van der Waals surface area contributed by atoms with Crippen LogP contribution in [-0.4, -0.2) is 49.2 Å². The van der Waals surface area contributed by atoms with E-state index in [-0.39, 0.29) is 11.9 Å². The Morgan fingerprint density at radius 2 is 1.50 bits per heavy atom. The maximum atomic E-state index is 12.9. The summed E-state index contributed by atoms with van der Waals surface area (Å²) in [6, 6.07) is 17.7. The smallest absolute Gasteiger partial charge is 0.254 e. The van der Waals surface area contributed by atoms with Gasteiger partial charge in [0.2, 0.25) is 10.0 Å². The molecule has 0 radical (unpaired) electrons. The van der Waals surface area contributed by atoms with Crippen molar-refractivity contribution in [1.82, 2.24) is 9.21 Å². The van der Waals surface area contributed by atoms with Gasteiger partial charge in [-0.1, -0.05) is 36.4 Å². The van der Waals surface area contributed by atoms with Gasteiger partial charge in [-0.05, 0) is 43.0 Å². The Morgan fingerprint density at radius 1 is 0.885 bits per heavy atom. The minimum atomic E-state index is -3.52. The van der Waals surface area contributed by atoms with Gasteiger partial charge in [-0.15, -0.1) is 0 Å². The van der Waals surface area contributed by atoms with Crippen molar-refractivity contribution in [2.45, 2.75) is 23.8 Å². The molecule has 2 aromatic carbocycles. The van der Waals surface area contributed by atoms with Crippen LogP contribution in [0.3, 0.4) is 0 Å². The highest BCUT2D eigenvalue weighted by molar-refractivity contribution is 7.89. The minimum Gasteiger partial charge on any atom is -0.334 e. The monoisotopic (exact) mass is 370 g/mol. The minimum absolute atomic E-state index is 0.00272. The van der Waals surface area contributed by atoms with E-state index in [4.69, 9.17) is 0 Å². The number of fused-ring (bicyclic) bond motifs is 1. The van der Waals surface area contributed by atoms with E-state index in [1.54, 1.807) is 28.6 Å². The zero-order chi connectivity index (χ0) is 18.1. The van der Waals surface area contributed by atoms with Crippen LogP contribution in [-0.2, 0) is 10.0 Å². The van der Waals surface area contributed by atoms with Crippen molar-refractivity contribution in [3.63, 3.8) is 0 Å². The van der Waals surface area contributed by atoms with E-state index < -0.39 is 10.0 Å². The number of hydrogen-bond donors (Lipinski definition) is 0. The molecule has 136 valence electrons. The second-order valence-corrected chi connectivity index (χ2v) is 8.88. The molecule has 2 aliphatic heterocycles. The van der Waals surface area contributed by atoms with Crippen LogP contribution in [0, 0.1) is 5.92 Å². The maximum Gasteiger partial charge on any atom is 0.254 e. The summed E-state index contributed by atoms with van der Waals surface area (Å²) in [5.41, 5.74) is 0.663. The molecule has 6 heteroatoms. The molecule has 2 aliphatic rings. The van der Waals surface area contributed by atoms with Crippen molar-refractivity contribution in [3.8, 4) is 0 Å².